The molecule has 154 valence electrons. The Kier molecular flexibility index (Phi) is 6.38. The third-order valence-electron chi connectivity index (χ3n) is 3.86. The van der Waals surface area contributed by atoms with E-state index in [1.165, 1.54) is 18.2 Å². The Morgan fingerprint density at radius 2 is 1.87 bits per heavy atom. The van der Waals surface area contributed by atoms with Gasteiger partial charge in [-0.25, -0.2) is 9.79 Å². The molecule has 1 aliphatic heterocycles. The van der Waals surface area contributed by atoms with Crippen LogP contribution < -0.4 is 10.1 Å². The molecule has 1 aliphatic rings. The summed E-state index contributed by atoms with van der Waals surface area (Å²) in [6, 6.07) is 10.7. The number of amidine groups is 1. The monoisotopic (exact) mass is 428 g/mol. The summed E-state index contributed by atoms with van der Waals surface area (Å²) in [5.41, 5.74) is 0.797. The maximum atomic E-state index is 12.2. The van der Waals surface area contributed by atoms with Gasteiger partial charge in [0, 0.05) is 6.07 Å². The van der Waals surface area contributed by atoms with Gasteiger partial charge in [-0.05, 0) is 47.7 Å². The molecule has 0 atom stereocenters. The fraction of sp³-hybridized carbons (Fsp3) is 0.100. The van der Waals surface area contributed by atoms with Crippen molar-refractivity contribution in [1.82, 2.24) is 5.32 Å². The minimum absolute atomic E-state index is 0.0663. The van der Waals surface area contributed by atoms with Crippen LogP contribution in [0.1, 0.15) is 22.3 Å². The molecule has 1 amide bonds. The summed E-state index contributed by atoms with van der Waals surface area (Å²) in [7, 11) is 0. The topological polar surface area (TPSA) is 146 Å². The molecule has 0 aromatic heterocycles. The number of ether oxygens (including phenoxy) is 1. The molecule has 1 heterocycles. The maximum absolute atomic E-state index is 12.2. The molecule has 0 aliphatic carbocycles. The number of carboxylic acids is 2. The summed E-state index contributed by atoms with van der Waals surface area (Å²) in [6.07, 6.45) is 1.57. The van der Waals surface area contributed by atoms with E-state index in [2.05, 4.69) is 10.3 Å². The summed E-state index contributed by atoms with van der Waals surface area (Å²) in [6.45, 7) is 0.0663. The van der Waals surface area contributed by atoms with Crippen LogP contribution in [0.25, 0.3) is 6.08 Å². The van der Waals surface area contributed by atoms with Gasteiger partial charge in [0.05, 0.1) is 23.6 Å². The summed E-state index contributed by atoms with van der Waals surface area (Å²) in [4.78, 5) is 38.2. The molecule has 3 rings (SSSR count). The Hall–Kier alpha value is -3.79. The largest absolute Gasteiger partial charge is 0.507 e. The molecule has 2 aromatic rings. The number of amides is 1. The van der Waals surface area contributed by atoms with Crippen molar-refractivity contribution in [2.24, 2.45) is 4.99 Å². The molecule has 30 heavy (non-hydrogen) atoms. The first-order valence-electron chi connectivity index (χ1n) is 8.62. The van der Waals surface area contributed by atoms with E-state index in [1.54, 1.807) is 30.3 Å². The number of rotatable bonds is 7. The molecule has 0 spiro atoms. The van der Waals surface area contributed by atoms with Crippen LogP contribution >= 0.6 is 11.8 Å². The minimum Gasteiger partial charge on any atom is -0.507 e. The second-order valence-electron chi connectivity index (χ2n) is 6.05. The number of nitrogens with zero attached hydrogens (tertiary/aromatic N) is 1. The normalized spacial score (nSPS) is 15.9. The Balaban J connectivity index is 1.68. The number of aromatic carboxylic acids is 1. The summed E-state index contributed by atoms with van der Waals surface area (Å²) in [5, 5.41) is 30.2. The van der Waals surface area contributed by atoms with Gasteiger partial charge < -0.3 is 25.4 Å². The first kappa shape index (κ1) is 20.9. The minimum atomic E-state index is -1.25. The highest BCUT2D eigenvalue weighted by atomic mass is 32.2. The van der Waals surface area contributed by atoms with Crippen molar-refractivity contribution in [2.75, 3.05) is 6.61 Å². The zero-order chi connectivity index (χ0) is 21.7. The number of aliphatic carboxylic acids is 1. The highest BCUT2D eigenvalue weighted by molar-refractivity contribution is 8.18. The fourth-order valence-electron chi connectivity index (χ4n) is 2.44. The van der Waals surface area contributed by atoms with Crippen LogP contribution in [0.15, 0.2) is 52.4 Å². The summed E-state index contributed by atoms with van der Waals surface area (Å²) in [5.74, 6) is -2.43. The molecule has 10 heteroatoms. The molecule has 0 radical (unpaired) electrons. The Labute approximate surface area is 174 Å². The van der Waals surface area contributed by atoms with Crippen LogP contribution in [-0.4, -0.2) is 44.9 Å². The lowest BCUT2D eigenvalue weighted by Crippen LogP contribution is -2.19. The molecule has 9 nitrogen and oxygen atoms in total. The molecule has 1 fully saturated rings. The highest BCUT2D eigenvalue weighted by Gasteiger charge is 2.24. The number of aliphatic imine (C=N–C) groups is 1. The number of carbonyl (C=O) groups excluding carboxylic acids is 1. The van der Waals surface area contributed by atoms with E-state index >= 15 is 0 Å². The van der Waals surface area contributed by atoms with E-state index in [1.807, 2.05) is 0 Å². The molecular weight excluding hydrogens is 412 g/mol. The van der Waals surface area contributed by atoms with Crippen molar-refractivity contribution in [1.29, 1.82) is 0 Å². The van der Waals surface area contributed by atoms with Gasteiger partial charge >= 0.3 is 11.9 Å². The van der Waals surface area contributed by atoms with Gasteiger partial charge in [-0.1, -0.05) is 12.1 Å². The van der Waals surface area contributed by atoms with Crippen LogP contribution in [0, 0.1) is 0 Å². The van der Waals surface area contributed by atoms with Gasteiger partial charge in [0.1, 0.15) is 17.1 Å². The quantitative estimate of drug-likeness (QED) is 0.493. The van der Waals surface area contributed by atoms with E-state index in [4.69, 9.17) is 14.9 Å². The third kappa shape index (κ3) is 5.39. The van der Waals surface area contributed by atoms with Crippen molar-refractivity contribution < 1.29 is 34.4 Å². The number of phenols is 1. The smallest absolute Gasteiger partial charge is 0.339 e. The van der Waals surface area contributed by atoms with Crippen molar-refractivity contribution in [2.45, 2.75) is 6.42 Å². The summed E-state index contributed by atoms with van der Waals surface area (Å²) >= 11 is 1.10. The first-order valence-corrected chi connectivity index (χ1v) is 9.44. The molecule has 4 N–H and O–H groups in total. The number of aromatic hydroxyl groups is 1. The average Bonchev–Trinajstić information content (AvgIpc) is 3.01. The third-order valence-corrected chi connectivity index (χ3v) is 4.77. The SMILES string of the molecule is O=C(O)CCOc1ccc(/C=C2\SC(=Nc3ccc(C(=O)O)c(O)c3)NC2=O)cc1. The van der Waals surface area contributed by atoms with Crippen LogP contribution in [0.4, 0.5) is 5.69 Å². The standard InChI is InChI=1S/C20H16N2O7S/c23-15-10-12(3-6-14(15)19(27)28)21-20-22-18(26)16(30-20)9-11-1-4-13(5-2-11)29-8-7-17(24)25/h1-6,9-10,23H,7-8H2,(H,24,25)(H,27,28)(H,21,22,26)/b16-9-. The van der Waals surface area contributed by atoms with Gasteiger partial charge in [-0.15, -0.1) is 0 Å². The first-order chi connectivity index (χ1) is 14.3. The predicted octanol–water partition coefficient (Wildman–Crippen LogP) is 2.84. The van der Waals surface area contributed by atoms with E-state index < -0.39 is 17.7 Å². The van der Waals surface area contributed by atoms with E-state index in [-0.39, 0.29) is 24.5 Å². The van der Waals surface area contributed by atoms with E-state index in [0.717, 1.165) is 17.3 Å². The predicted molar refractivity (Wildman–Crippen MR) is 110 cm³/mol. The van der Waals surface area contributed by atoms with E-state index in [9.17, 15) is 19.5 Å². The van der Waals surface area contributed by atoms with Crippen molar-refractivity contribution in [3.63, 3.8) is 0 Å². The van der Waals surface area contributed by atoms with Crippen LogP contribution in [0.3, 0.4) is 0 Å². The number of hydrogen-bond acceptors (Lipinski definition) is 7. The maximum Gasteiger partial charge on any atom is 0.339 e. The number of thioether (sulfide) groups is 1. The summed E-state index contributed by atoms with van der Waals surface area (Å²) < 4.78 is 5.32. The van der Waals surface area contributed by atoms with Crippen LogP contribution in [0.2, 0.25) is 0 Å². The fourth-order valence-corrected chi connectivity index (χ4v) is 3.28. The molecule has 0 saturated carbocycles. The average molecular weight is 428 g/mol. The van der Waals surface area contributed by atoms with Crippen molar-refractivity contribution in [3.8, 4) is 11.5 Å². The molecule has 0 bridgehead atoms. The lowest BCUT2D eigenvalue weighted by atomic mass is 10.2. The van der Waals surface area contributed by atoms with Crippen LogP contribution in [0.5, 0.6) is 11.5 Å². The van der Waals surface area contributed by atoms with Crippen LogP contribution in [-0.2, 0) is 9.59 Å². The van der Waals surface area contributed by atoms with Gasteiger partial charge in [0.15, 0.2) is 5.17 Å². The molecular formula is C20H16N2O7S. The number of nitrogens with one attached hydrogen (secondary N) is 1. The molecule has 0 unspecified atom stereocenters. The molecule has 2 aromatic carbocycles. The Morgan fingerprint density at radius 1 is 1.13 bits per heavy atom. The zero-order valence-electron chi connectivity index (χ0n) is 15.4. The van der Waals surface area contributed by atoms with E-state index in [0.29, 0.717) is 21.5 Å². The lowest BCUT2D eigenvalue weighted by Gasteiger charge is -2.04. The van der Waals surface area contributed by atoms with Crippen molar-refractivity contribution >= 4 is 46.5 Å². The highest BCUT2D eigenvalue weighted by Crippen LogP contribution is 2.30. The van der Waals surface area contributed by atoms with Gasteiger partial charge in [-0.3, -0.25) is 9.59 Å². The Bertz CT molecular complexity index is 1060. The van der Waals surface area contributed by atoms with Crippen molar-refractivity contribution in [3.05, 3.63) is 58.5 Å². The van der Waals surface area contributed by atoms with Gasteiger partial charge in [0.25, 0.3) is 5.91 Å². The van der Waals surface area contributed by atoms with Gasteiger partial charge in [-0.2, -0.15) is 0 Å². The number of carboxylic acid groups (broad SMARTS) is 2. The second-order valence-corrected chi connectivity index (χ2v) is 7.08. The second kappa shape index (κ2) is 9.14. The Morgan fingerprint density at radius 3 is 2.50 bits per heavy atom. The zero-order valence-corrected chi connectivity index (χ0v) is 16.2. The van der Waals surface area contributed by atoms with Gasteiger partial charge in [0.2, 0.25) is 0 Å². The molecule has 1 saturated heterocycles. The number of hydrogen-bond donors (Lipinski definition) is 4. The number of benzene rings is 2. The lowest BCUT2D eigenvalue weighted by molar-refractivity contribution is -0.137. The number of carbonyl (C=O) groups is 3.